The number of rotatable bonds is 1. The van der Waals surface area contributed by atoms with Crippen LogP contribution in [0.25, 0.3) is 0 Å². The van der Waals surface area contributed by atoms with Crippen LogP contribution in [-0.4, -0.2) is 32.6 Å². The molecule has 0 aromatic carbocycles. The molecule has 5 heteroatoms. The molecule has 0 aromatic heterocycles. The summed E-state index contributed by atoms with van der Waals surface area (Å²) in [6.45, 7) is 0. The number of aliphatic hydroxyl groups is 3. The summed E-state index contributed by atoms with van der Waals surface area (Å²) in [6.07, 6.45) is 4.39. The van der Waals surface area contributed by atoms with E-state index in [0.29, 0.717) is 0 Å². The second kappa shape index (κ2) is 2.41. The van der Waals surface area contributed by atoms with Gasteiger partial charge in [-0.05, 0) is 12.2 Å². The number of nitrogens with two attached hydrogens (primary N) is 1. The summed E-state index contributed by atoms with van der Waals surface area (Å²) in [4.78, 5) is 10.7. The van der Waals surface area contributed by atoms with Crippen molar-refractivity contribution in [1.29, 1.82) is 0 Å². The predicted molar refractivity (Wildman–Crippen MR) is 39.6 cm³/mol. The van der Waals surface area contributed by atoms with Crippen LogP contribution >= 0.6 is 0 Å². The van der Waals surface area contributed by atoms with Gasteiger partial charge in [-0.15, -0.1) is 0 Å². The normalized spacial score (nSPS) is 31.9. The van der Waals surface area contributed by atoms with Crippen molar-refractivity contribution in [2.24, 2.45) is 5.73 Å². The topological polar surface area (TPSA) is 104 Å². The third-order valence-corrected chi connectivity index (χ3v) is 1.71. The molecule has 1 rings (SSSR count). The smallest absolute Gasteiger partial charge is 0.259 e. The Balaban J connectivity index is 3.13. The number of hydrogen-bond donors (Lipinski definition) is 4. The van der Waals surface area contributed by atoms with Crippen molar-refractivity contribution in [2.75, 3.05) is 0 Å². The first kappa shape index (κ1) is 8.92. The van der Waals surface area contributed by atoms with Crippen LogP contribution in [0.3, 0.4) is 0 Å². The zero-order valence-corrected chi connectivity index (χ0v) is 6.14. The van der Waals surface area contributed by atoms with Crippen molar-refractivity contribution in [3.05, 3.63) is 24.3 Å². The highest BCUT2D eigenvalue weighted by atomic mass is 16.5. The fourth-order valence-corrected chi connectivity index (χ4v) is 0.898. The van der Waals surface area contributed by atoms with Gasteiger partial charge in [0.1, 0.15) is 0 Å². The molecule has 1 amide bonds. The molecule has 0 fully saturated rings. The van der Waals surface area contributed by atoms with E-state index in [2.05, 4.69) is 0 Å². The number of amides is 1. The van der Waals surface area contributed by atoms with Crippen molar-refractivity contribution in [3.8, 4) is 0 Å². The van der Waals surface area contributed by atoms with Gasteiger partial charge in [0, 0.05) is 0 Å². The third kappa shape index (κ3) is 1.04. The standard InChI is InChI=1S/C7H9NO4/c8-5(9)6(10)3-1-2-4-7(6,11)12/h1-4,10-12H,(H2,8,9). The van der Waals surface area contributed by atoms with E-state index in [1.165, 1.54) is 12.2 Å². The van der Waals surface area contributed by atoms with E-state index in [1.807, 2.05) is 0 Å². The van der Waals surface area contributed by atoms with E-state index >= 15 is 0 Å². The maximum atomic E-state index is 10.7. The molecule has 12 heavy (non-hydrogen) atoms. The molecule has 0 saturated carbocycles. The highest BCUT2D eigenvalue weighted by Gasteiger charge is 2.50. The van der Waals surface area contributed by atoms with Crippen molar-refractivity contribution < 1.29 is 20.1 Å². The molecule has 66 valence electrons. The Morgan fingerprint density at radius 2 is 1.67 bits per heavy atom. The van der Waals surface area contributed by atoms with Gasteiger partial charge >= 0.3 is 0 Å². The Morgan fingerprint density at radius 1 is 1.17 bits per heavy atom. The number of carbonyl (C=O) groups excluding carboxylic acids is 1. The lowest BCUT2D eigenvalue weighted by atomic mass is 9.88. The van der Waals surface area contributed by atoms with Crippen LogP contribution in [0.5, 0.6) is 0 Å². The van der Waals surface area contributed by atoms with Gasteiger partial charge in [-0.2, -0.15) is 0 Å². The molecule has 1 aliphatic carbocycles. The monoisotopic (exact) mass is 171 g/mol. The molecule has 5 nitrogen and oxygen atoms in total. The Hall–Kier alpha value is -1.17. The number of hydrogen-bond acceptors (Lipinski definition) is 4. The molecule has 0 saturated heterocycles. The summed E-state index contributed by atoms with van der Waals surface area (Å²) in [5.74, 6) is -3.85. The lowest BCUT2D eigenvalue weighted by molar-refractivity contribution is -0.220. The van der Waals surface area contributed by atoms with Crippen molar-refractivity contribution >= 4 is 5.91 Å². The van der Waals surface area contributed by atoms with E-state index < -0.39 is 17.3 Å². The number of carbonyl (C=O) groups is 1. The molecule has 1 aliphatic rings. The van der Waals surface area contributed by atoms with Crippen LogP contribution in [0.1, 0.15) is 0 Å². The highest BCUT2D eigenvalue weighted by Crippen LogP contribution is 2.25. The molecule has 0 aromatic rings. The van der Waals surface area contributed by atoms with Gasteiger partial charge in [0.15, 0.2) is 0 Å². The molecular formula is C7H9NO4. The summed E-state index contributed by atoms with van der Waals surface area (Å²) in [5, 5.41) is 27.6. The second-order valence-corrected chi connectivity index (χ2v) is 2.58. The Kier molecular flexibility index (Phi) is 1.79. The fourth-order valence-electron chi connectivity index (χ4n) is 0.898. The Labute approximate surface area is 68.4 Å². The predicted octanol–water partition coefficient (Wildman–Crippen LogP) is -1.99. The minimum absolute atomic E-state index is 0.873. The first-order valence-corrected chi connectivity index (χ1v) is 3.24. The van der Waals surface area contributed by atoms with Gasteiger partial charge in [0.2, 0.25) is 11.4 Å². The quantitative estimate of drug-likeness (QED) is 0.343. The molecule has 0 heterocycles. The van der Waals surface area contributed by atoms with Crippen LogP contribution in [0.15, 0.2) is 24.3 Å². The fraction of sp³-hybridized carbons (Fsp3) is 0.286. The number of allylic oxidation sites excluding steroid dienone is 2. The Bertz CT molecular complexity index is 269. The zero-order valence-electron chi connectivity index (χ0n) is 6.14. The lowest BCUT2D eigenvalue weighted by Crippen LogP contribution is -2.60. The van der Waals surface area contributed by atoms with Gasteiger partial charge in [0.25, 0.3) is 5.91 Å². The lowest BCUT2D eigenvalue weighted by Gasteiger charge is -2.33. The summed E-state index contributed by atoms with van der Waals surface area (Å²) in [5.41, 5.74) is 2.34. The average molecular weight is 171 g/mol. The number of primary amides is 1. The van der Waals surface area contributed by atoms with Crippen LogP contribution < -0.4 is 5.73 Å². The minimum Gasteiger partial charge on any atom is -0.371 e. The molecule has 0 bridgehead atoms. The maximum absolute atomic E-state index is 10.7. The van der Waals surface area contributed by atoms with Crippen LogP contribution in [0.2, 0.25) is 0 Å². The van der Waals surface area contributed by atoms with Crippen LogP contribution in [0, 0.1) is 0 Å². The van der Waals surface area contributed by atoms with Crippen molar-refractivity contribution in [1.82, 2.24) is 0 Å². The Morgan fingerprint density at radius 3 is 2.00 bits per heavy atom. The average Bonchev–Trinajstić information content (AvgIpc) is 1.95. The van der Waals surface area contributed by atoms with E-state index in [1.54, 1.807) is 0 Å². The SMILES string of the molecule is NC(=O)C1(O)C=CC=CC1(O)O. The summed E-state index contributed by atoms with van der Waals surface area (Å²) in [7, 11) is 0. The van der Waals surface area contributed by atoms with Crippen molar-refractivity contribution in [3.63, 3.8) is 0 Å². The van der Waals surface area contributed by atoms with E-state index in [4.69, 9.17) is 15.9 Å². The van der Waals surface area contributed by atoms with E-state index in [0.717, 1.165) is 12.2 Å². The summed E-state index contributed by atoms with van der Waals surface area (Å²) < 4.78 is 0. The molecule has 0 radical (unpaired) electrons. The van der Waals surface area contributed by atoms with Crippen LogP contribution in [-0.2, 0) is 4.79 Å². The third-order valence-electron chi connectivity index (χ3n) is 1.71. The second-order valence-electron chi connectivity index (χ2n) is 2.58. The molecule has 5 N–H and O–H groups in total. The van der Waals surface area contributed by atoms with E-state index in [-0.39, 0.29) is 0 Å². The van der Waals surface area contributed by atoms with Crippen molar-refractivity contribution in [2.45, 2.75) is 11.4 Å². The maximum Gasteiger partial charge on any atom is 0.259 e. The van der Waals surface area contributed by atoms with Gasteiger partial charge in [-0.3, -0.25) is 4.79 Å². The molecule has 0 spiro atoms. The first-order chi connectivity index (χ1) is 5.40. The molecule has 1 unspecified atom stereocenters. The molecule has 1 atom stereocenters. The van der Waals surface area contributed by atoms with Gasteiger partial charge < -0.3 is 21.1 Å². The molecule has 0 aliphatic heterocycles. The van der Waals surface area contributed by atoms with Gasteiger partial charge in [0.05, 0.1) is 0 Å². The van der Waals surface area contributed by atoms with Gasteiger partial charge in [-0.1, -0.05) is 12.2 Å². The zero-order chi connectivity index (χ0) is 9.41. The summed E-state index contributed by atoms with van der Waals surface area (Å²) in [6, 6.07) is 0. The minimum atomic E-state index is -2.63. The molecular weight excluding hydrogens is 162 g/mol. The van der Waals surface area contributed by atoms with E-state index in [9.17, 15) is 9.90 Å². The summed E-state index contributed by atoms with van der Waals surface area (Å²) >= 11 is 0. The van der Waals surface area contributed by atoms with Crippen LogP contribution in [0.4, 0.5) is 0 Å². The first-order valence-electron chi connectivity index (χ1n) is 3.24. The highest BCUT2D eigenvalue weighted by molar-refractivity contribution is 5.87. The largest absolute Gasteiger partial charge is 0.371 e. The van der Waals surface area contributed by atoms with Gasteiger partial charge in [-0.25, -0.2) is 0 Å².